The van der Waals surface area contributed by atoms with Crippen LogP contribution in [0, 0.1) is 5.41 Å². The third-order valence-corrected chi connectivity index (χ3v) is 3.39. The van der Waals surface area contributed by atoms with E-state index in [0.29, 0.717) is 18.5 Å². The molecule has 0 radical (unpaired) electrons. The molecule has 0 fully saturated rings. The van der Waals surface area contributed by atoms with Crippen molar-refractivity contribution in [1.29, 1.82) is 0 Å². The van der Waals surface area contributed by atoms with Gasteiger partial charge >= 0.3 is 0 Å². The molecule has 0 aliphatic rings. The third kappa shape index (κ3) is 4.39. The van der Waals surface area contributed by atoms with Gasteiger partial charge in [-0.15, -0.1) is 5.10 Å². The molecule has 2 N–H and O–H groups in total. The maximum absolute atomic E-state index is 12.2. The van der Waals surface area contributed by atoms with Crippen LogP contribution in [0.4, 0.5) is 0 Å². The minimum Gasteiger partial charge on any atom is -0.393 e. The highest BCUT2D eigenvalue weighted by molar-refractivity contribution is 5.94. The van der Waals surface area contributed by atoms with Crippen LogP contribution in [0.5, 0.6) is 0 Å². The number of rotatable bonds is 6. The normalized spacial score (nSPS) is 12.9. The number of aliphatic hydroxyl groups excluding tert-OH is 1. The number of carbonyl (C=O) groups excluding carboxylic acids is 1. The molecule has 2 aromatic rings. The number of aromatic nitrogens is 3. The second-order valence-electron chi connectivity index (χ2n) is 6.29. The summed E-state index contributed by atoms with van der Waals surface area (Å²) in [5.74, 6) is -0.121. The molecular formula is C16H22N4O2. The maximum Gasteiger partial charge on any atom is 0.251 e. The fourth-order valence-corrected chi connectivity index (χ4v) is 2.40. The van der Waals surface area contributed by atoms with Crippen molar-refractivity contribution < 1.29 is 9.90 Å². The Hall–Kier alpha value is -2.21. The summed E-state index contributed by atoms with van der Waals surface area (Å²) < 4.78 is 1.63. The van der Waals surface area contributed by atoms with Crippen molar-refractivity contribution in [3.63, 3.8) is 0 Å². The summed E-state index contributed by atoms with van der Waals surface area (Å²) in [5, 5.41) is 20.0. The van der Waals surface area contributed by atoms with Gasteiger partial charge in [0.05, 0.1) is 24.2 Å². The first-order chi connectivity index (χ1) is 10.4. The molecule has 0 aliphatic heterocycles. The van der Waals surface area contributed by atoms with E-state index in [1.165, 1.54) is 0 Å². The van der Waals surface area contributed by atoms with E-state index in [4.69, 9.17) is 0 Å². The molecule has 0 spiro atoms. The van der Waals surface area contributed by atoms with E-state index in [9.17, 15) is 9.90 Å². The van der Waals surface area contributed by atoms with Crippen LogP contribution in [0.3, 0.4) is 0 Å². The number of hydrogen-bond donors (Lipinski definition) is 2. The lowest BCUT2D eigenvalue weighted by Gasteiger charge is -2.26. The number of benzene rings is 1. The van der Waals surface area contributed by atoms with Gasteiger partial charge < -0.3 is 10.4 Å². The van der Waals surface area contributed by atoms with Gasteiger partial charge in [-0.05, 0) is 43.0 Å². The van der Waals surface area contributed by atoms with Crippen LogP contribution < -0.4 is 5.32 Å². The van der Waals surface area contributed by atoms with Crippen LogP contribution in [0.2, 0.25) is 0 Å². The van der Waals surface area contributed by atoms with Crippen molar-refractivity contribution in [3.8, 4) is 5.69 Å². The Kier molecular flexibility index (Phi) is 4.92. The molecule has 0 saturated heterocycles. The number of carbonyl (C=O) groups is 1. The third-order valence-electron chi connectivity index (χ3n) is 3.39. The lowest BCUT2D eigenvalue weighted by Crippen LogP contribution is -2.35. The average molecular weight is 302 g/mol. The summed E-state index contributed by atoms with van der Waals surface area (Å²) in [5.41, 5.74) is 1.30. The fourth-order valence-electron chi connectivity index (χ4n) is 2.40. The Morgan fingerprint density at radius 3 is 2.59 bits per heavy atom. The van der Waals surface area contributed by atoms with E-state index in [0.717, 1.165) is 5.69 Å². The van der Waals surface area contributed by atoms with Crippen LogP contribution in [-0.4, -0.2) is 38.7 Å². The topological polar surface area (TPSA) is 80.0 Å². The van der Waals surface area contributed by atoms with Crippen LogP contribution in [0.25, 0.3) is 5.69 Å². The van der Waals surface area contributed by atoms with Gasteiger partial charge in [-0.25, -0.2) is 4.68 Å². The molecule has 0 aliphatic carbocycles. The molecule has 1 heterocycles. The zero-order chi connectivity index (χ0) is 16.2. The molecule has 0 bridgehead atoms. The molecule has 2 rings (SSSR count). The van der Waals surface area contributed by atoms with Crippen LogP contribution in [0.1, 0.15) is 37.6 Å². The highest BCUT2D eigenvalue weighted by Crippen LogP contribution is 2.21. The molecule has 6 heteroatoms. The SMILES string of the molecule is CC(O)CC(C)(C)CNC(=O)c1ccc(-n2ccnn2)cc1. The summed E-state index contributed by atoms with van der Waals surface area (Å²) in [6.45, 7) is 6.32. The zero-order valence-corrected chi connectivity index (χ0v) is 13.2. The second-order valence-corrected chi connectivity index (χ2v) is 6.29. The smallest absolute Gasteiger partial charge is 0.251 e. The van der Waals surface area contributed by atoms with E-state index in [2.05, 4.69) is 15.6 Å². The zero-order valence-electron chi connectivity index (χ0n) is 13.2. The molecule has 1 unspecified atom stereocenters. The Morgan fingerprint density at radius 1 is 1.36 bits per heavy atom. The van der Waals surface area contributed by atoms with Crippen molar-refractivity contribution >= 4 is 5.91 Å². The predicted octanol–water partition coefficient (Wildman–Crippen LogP) is 1.79. The lowest BCUT2D eigenvalue weighted by molar-refractivity contribution is 0.0902. The molecule has 118 valence electrons. The number of hydrogen-bond acceptors (Lipinski definition) is 4. The molecular weight excluding hydrogens is 280 g/mol. The van der Waals surface area contributed by atoms with Crippen molar-refractivity contribution in [2.24, 2.45) is 5.41 Å². The first-order valence-electron chi connectivity index (χ1n) is 7.30. The average Bonchev–Trinajstić information content (AvgIpc) is 2.98. The second kappa shape index (κ2) is 6.70. The van der Waals surface area contributed by atoms with E-state index < -0.39 is 0 Å². The molecule has 6 nitrogen and oxygen atoms in total. The van der Waals surface area contributed by atoms with Crippen molar-refractivity contribution in [1.82, 2.24) is 20.3 Å². The summed E-state index contributed by atoms with van der Waals surface area (Å²) in [6, 6.07) is 7.16. The lowest BCUT2D eigenvalue weighted by atomic mass is 9.87. The Labute approximate surface area is 130 Å². The Balaban J connectivity index is 1.96. The highest BCUT2D eigenvalue weighted by Gasteiger charge is 2.21. The quantitative estimate of drug-likeness (QED) is 0.852. The molecule has 22 heavy (non-hydrogen) atoms. The number of nitrogens with zero attached hydrogens (tertiary/aromatic N) is 3. The largest absolute Gasteiger partial charge is 0.393 e. The molecule has 1 aromatic carbocycles. The van der Waals surface area contributed by atoms with Gasteiger partial charge in [-0.1, -0.05) is 19.1 Å². The summed E-state index contributed by atoms with van der Waals surface area (Å²) in [6.07, 6.45) is 3.60. The molecule has 0 saturated carbocycles. The minimum absolute atomic E-state index is 0.121. The number of amides is 1. The van der Waals surface area contributed by atoms with Gasteiger partial charge in [0.1, 0.15) is 0 Å². The van der Waals surface area contributed by atoms with Crippen LogP contribution >= 0.6 is 0 Å². The van der Waals surface area contributed by atoms with Crippen molar-refractivity contribution in [2.45, 2.75) is 33.3 Å². The Morgan fingerprint density at radius 2 is 2.05 bits per heavy atom. The van der Waals surface area contributed by atoms with E-state index in [1.807, 2.05) is 26.0 Å². The van der Waals surface area contributed by atoms with Crippen molar-refractivity contribution in [2.75, 3.05) is 6.54 Å². The van der Waals surface area contributed by atoms with Crippen molar-refractivity contribution in [3.05, 3.63) is 42.2 Å². The first-order valence-corrected chi connectivity index (χ1v) is 7.30. The summed E-state index contributed by atoms with van der Waals surface area (Å²) in [4.78, 5) is 12.2. The van der Waals surface area contributed by atoms with Crippen LogP contribution in [-0.2, 0) is 0 Å². The number of nitrogens with one attached hydrogen (secondary N) is 1. The monoisotopic (exact) mass is 302 g/mol. The van der Waals surface area contributed by atoms with Gasteiger partial charge in [0.15, 0.2) is 0 Å². The van der Waals surface area contributed by atoms with Gasteiger partial charge in [0.2, 0.25) is 0 Å². The Bertz CT molecular complexity index is 604. The maximum atomic E-state index is 12.2. The summed E-state index contributed by atoms with van der Waals surface area (Å²) >= 11 is 0. The molecule has 1 aromatic heterocycles. The first kappa shape index (κ1) is 16.2. The fraction of sp³-hybridized carbons (Fsp3) is 0.438. The van der Waals surface area contributed by atoms with Gasteiger partial charge in [-0.2, -0.15) is 0 Å². The van der Waals surface area contributed by atoms with E-state index >= 15 is 0 Å². The van der Waals surface area contributed by atoms with Gasteiger partial charge in [-0.3, -0.25) is 4.79 Å². The van der Waals surface area contributed by atoms with E-state index in [-0.39, 0.29) is 17.4 Å². The minimum atomic E-state index is -0.381. The molecule has 1 atom stereocenters. The predicted molar refractivity (Wildman–Crippen MR) is 83.8 cm³/mol. The summed E-state index contributed by atoms with van der Waals surface area (Å²) in [7, 11) is 0. The number of aliphatic hydroxyl groups is 1. The van der Waals surface area contributed by atoms with Crippen LogP contribution in [0.15, 0.2) is 36.7 Å². The van der Waals surface area contributed by atoms with E-state index in [1.54, 1.807) is 36.1 Å². The highest BCUT2D eigenvalue weighted by atomic mass is 16.3. The van der Waals surface area contributed by atoms with Gasteiger partial charge in [0.25, 0.3) is 5.91 Å². The molecule has 1 amide bonds. The standard InChI is InChI=1S/C16H22N4O2/c1-12(21)10-16(2,3)11-17-15(22)13-4-6-14(7-5-13)20-9-8-18-19-20/h4-9,12,21H,10-11H2,1-3H3,(H,17,22). The van der Waals surface area contributed by atoms with Gasteiger partial charge in [0, 0.05) is 12.1 Å².